The summed E-state index contributed by atoms with van der Waals surface area (Å²) in [5, 5.41) is 0. The molecule has 0 spiro atoms. The van der Waals surface area contributed by atoms with E-state index < -0.39 is 0 Å². The number of likely N-dealkylation sites (tertiary alicyclic amines) is 1. The van der Waals surface area contributed by atoms with Gasteiger partial charge in [0, 0.05) is 27.1 Å². The molecule has 1 saturated heterocycles. The Bertz CT molecular complexity index is 649. The number of benzene rings is 1. The molecule has 1 aromatic carbocycles. The number of hydrogen-bond acceptors (Lipinski definition) is 4. The fraction of sp³-hybridized carbons (Fsp3) is 0.579. The minimum atomic E-state index is -0.319. The maximum Gasteiger partial charge on any atom is 0.245 e. The van der Waals surface area contributed by atoms with Crippen molar-refractivity contribution < 1.29 is 14.3 Å². The zero-order chi connectivity index (χ0) is 18.0. The number of fused-ring (bicyclic) bond motifs is 1. The van der Waals surface area contributed by atoms with Crippen LogP contribution in [0.3, 0.4) is 0 Å². The van der Waals surface area contributed by atoms with Crippen molar-refractivity contribution >= 4 is 17.5 Å². The number of anilines is 1. The summed E-state index contributed by atoms with van der Waals surface area (Å²) in [4.78, 5) is 30.2. The van der Waals surface area contributed by atoms with Gasteiger partial charge in [0.15, 0.2) is 0 Å². The predicted octanol–water partition coefficient (Wildman–Crippen LogP) is 1.74. The third kappa shape index (κ3) is 3.57. The van der Waals surface area contributed by atoms with Gasteiger partial charge in [-0.2, -0.15) is 0 Å². The first-order valence-electron chi connectivity index (χ1n) is 9.04. The van der Waals surface area contributed by atoms with Crippen LogP contribution in [-0.2, 0) is 9.59 Å². The molecular weight excluding hydrogens is 318 g/mol. The Morgan fingerprint density at radius 1 is 1.32 bits per heavy atom. The van der Waals surface area contributed by atoms with Gasteiger partial charge in [-0.1, -0.05) is 12.1 Å². The van der Waals surface area contributed by atoms with E-state index in [4.69, 9.17) is 4.74 Å². The molecule has 2 atom stereocenters. The van der Waals surface area contributed by atoms with Gasteiger partial charge in [-0.3, -0.25) is 9.59 Å². The molecule has 0 aliphatic carbocycles. The van der Waals surface area contributed by atoms with Crippen molar-refractivity contribution in [3.8, 4) is 5.75 Å². The van der Waals surface area contributed by atoms with Gasteiger partial charge in [-0.05, 0) is 31.9 Å². The zero-order valence-electron chi connectivity index (χ0n) is 15.3. The molecule has 25 heavy (non-hydrogen) atoms. The van der Waals surface area contributed by atoms with Crippen molar-refractivity contribution in [2.45, 2.75) is 38.8 Å². The molecule has 0 bridgehead atoms. The molecular formula is C19H27N3O3. The van der Waals surface area contributed by atoms with Crippen LogP contribution in [0.1, 0.15) is 26.7 Å². The maximum atomic E-state index is 12.8. The highest BCUT2D eigenvalue weighted by atomic mass is 16.5. The SMILES string of the molecule is CCN1C[C@@H](CN(C)C(=O)[C@@H]2CCCN2C(C)=O)Oc2ccccc21. The van der Waals surface area contributed by atoms with Crippen LogP contribution in [0.25, 0.3) is 0 Å². The summed E-state index contributed by atoms with van der Waals surface area (Å²) in [5.41, 5.74) is 1.11. The molecule has 0 saturated carbocycles. The number of hydrogen-bond donors (Lipinski definition) is 0. The van der Waals surface area contributed by atoms with Crippen molar-refractivity contribution in [2.75, 3.05) is 38.1 Å². The fourth-order valence-electron chi connectivity index (χ4n) is 3.82. The van der Waals surface area contributed by atoms with Crippen molar-refractivity contribution in [2.24, 2.45) is 0 Å². The van der Waals surface area contributed by atoms with Gasteiger partial charge < -0.3 is 19.4 Å². The van der Waals surface area contributed by atoms with E-state index in [1.807, 2.05) is 18.2 Å². The second-order valence-electron chi connectivity index (χ2n) is 6.84. The lowest BCUT2D eigenvalue weighted by Crippen LogP contribution is -2.51. The number of carbonyl (C=O) groups excluding carboxylic acids is 2. The van der Waals surface area contributed by atoms with Crippen molar-refractivity contribution in [3.63, 3.8) is 0 Å². The average Bonchev–Trinajstić information content (AvgIpc) is 3.10. The number of likely N-dealkylation sites (N-methyl/N-ethyl adjacent to an activating group) is 2. The summed E-state index contributed by atoms with van der Waals surface area (Å²) in [6.07, 6.45) is 1.56. The van der Waals surface area contributed by atoms with Gasteiger partial charge in [0.2, 0.25) is 11.8 Å². The van der Waals surface area contributed by atoms with Crippen molar-refractivity contribution in [1.82, 2.24) is 9.80 Å². The predicted molar refractivity (Wildman–Crippen MR) is 96.8 cm³/mol. The molecule has 1 fully saturated rings. The lowest BCUT2D eigenvalue weighted by atomic mass is 10.1. The lowest BCUT2D eigenvalue weighted by Gasteiger charge is -2.37. The monoisotopic (exact) mass is 345 g/mol. The number of ether oxygens (including phenoxy) is 1. The first-order valence-corrected chi connectivity index (χ1v) is 9.04. The van der Waals surface area contributed by atoms with E-state index in [9.17, 15) is 9.59 Å². The van der Waals surface area contributed by atoms with E-state index in [0.717, 1.165) is 37.4 Å². The van der Waals surface area contributed by atoms with Gasteiger partial charge in [0.05, 0.1) is 18.8 Å². The molecule has 6 heteroatoms. The highest BCUT2D eigenvalue weighted by Gasteiger charge is 2.35. The number of rotatable bonds is 4. The summed E-state index contributed by atoms with van der Waals surface area (Å²) >= 11 is 0. The van der Waals surface area contributed by atoms with Gasteiger partial charge in [-0.15, -0.1) is 0 Å². The Morgan fingerprint density at radius 2 is 2.08 bits per heavy atom. The molecule has 3 rings (SSSR count). The molecule has 0 radical (unpaired) electrons. The van der Waals surface area contributed by atoms with Crippen LogP contribution in [0.2, 0.25) is 0 Å². The van der Waals surface area contributed by atoms with Crippen LogP contribution in [0, 0.1) is 0 Å². The summed E-state index contributed by atoms with van der Waals surface area (Å²) in [6.45, 7) is 6.51. The number of carbonyl (C=O) groups is 2. The zero-order valence-corrected chi connectivity index (χ0v) is 15.3. The highest BCUT2D eigenvalue weighted by Crippen LogP contribution is 2.33. The van der Waals surface area contributed by atoms with Gasteiger partial charge in [-0.25, -0.2) is 0 Å². The summed E-state index contributed by atoms with van der Waals surface area (Å²) < 4.78 is 6.11. The molecule has 2 aliphatic rings. The van der Waals surface area contributed by atoms with Crippen LogP contribution in [0.4, 0.5) is 5.69 Å². The van der Waals surface area contributed by atoms with Crippen LogP contribution in [0.15, 0.2) is 24.3 Å². The molecule has 2 amide bonds. The van der Waals surface area contributed by atoms with E-state index in [1.165, 1.54) is 6.92 Å². The van der Waals surface area contributed by atoms with E-state index >= 15 is 0 Å². The Morgan fingerprint density at radius 3 is 2.80 bits per heavy atom. The first-order chi connectivity index (χ1) is 12.0. The van der Waals surface area contributed by atoms with Gasteiger partial charge in [0.1, 0.15) is 17.9 Å². The lowest BCUT2D eigenvalue weighted by molar-refractivity contribution is -0.142. The summed E-state index contributed by atoms with van der Waals surface area (Å²) in [5.74, 6) is 0.857. The molecule has 0 N–H and O–H groups in total. The standard InChI is InChI=1S/C19H27N3O3/c1-4-21-13-15(25-18-10-6-5-8-16(18)21)12-20(3)19(24)17-9-7-11-22(17)14(2)23/h5-6,8,10,15,17H,4,7,9,11-13H2,1-3H3/t15-,17+/m1/s1. The normalized spacial score (nSPS) is 22.4. The second kappa shape index (κ2) is 7.33. The minimum Gasteiger partial charge on any atom is -0.485 e. The third-order valence-corrected chi connectivity index (χ3v) is 5.10. The van der Waals surface area contributed by atoms with Gasteiger partial charge in [0.25, 0.3) is 0 Å². The molecule has 0 unspecified atom stereocenters. The van der Waals surface area contributed by atoms with Crippen molar-refractivity contribution in [3.05, 3.63) is 24.3 Å². The molecule has 136 valence electrons. The molecule has 2 aliphatic heterocycles. The Hall–Kier alpha value is -2.24. The number of amides is 2. The minimum absolute atomic E-state index is 0.0122. The topological polar surface area (TPSA) is 53.1 Å². The van der Waals surface area contributed by atoms with Crippen LogP contribution in [-0.4, -0.2) is 67.0 Å². The molecule has 1 aromatic rings. The highest BCUT2D eigenvalue weighted by molar-refractivity contribution is 5.87. The van der Waals surface area contributed by atoms with Crippen LogP contribution >= 0.6 is 0 Å². The fourth-order valence-corrected chi connectivity index (χ4v) is 3.82. The number of para-hydroxylation sites is 2. The number of nitrogens with zero attached hydrogens (tertiary/aromatic N) is 3. The van der Waals surface area contributed by atoms with E-state index in [2.05, 4.69) is 17.9 Å². The second-order valence-corrected chi connectivity index (χ2v) is 6.84. The van der Waals surface area contributed by atoms with E-state index in [-0.39, 0.29) is 24.0 Å². The molecule has 2 heterocycles. The van der Waals surface area contributed by atoms with Gasteiger partial charge >= 0.3 is 0 Å². The van der Waals surface area contributed by atoms with E-state index in [1.54, 1.807) is 16.8 Å². The Kier molecular flexibility index (Phi) is 5.16. The van der Waals surface area contributed by atoms with Crippen molar-refractivity contribution in [1.29, 1.82) is 0 Å². The van der Waals surface area contributed by atoms with E-state index in [0.29, 0.717) is 13.1 Å². The van der Waals surface area contributed by atoms with Crippen LogP contribution < -0.4 is 9.64 Å². The third-order valence-electron chi connectivity index (χ3n) is 5.10. The average molecular weight is 345 g/mol. The maximum absolute atomic E-state index is 12.8. The largest absolute Gasteiger partial charge is 0.485 e. The molecule has 6 nitrogen and oxygen atoms in total. The Balaban J connectivity index is 1.66. The summed E-state index contributed by atoms with van der Waals surface area (Å²) in [6, 6.07) is 7.69. The van der Waals surface area contributed by atoms with Crippen LogP contribution in [0.5, 0.6) is 5.75 Å². The smallest absolute Gasteiger partial charge is 0.245 e. The molecule has 0 aromatic heterocycles. The quantitative estimate of drug-likeness (QED) is 0.834. The Labute approximate surface area is 149 Å². The first kappa shape index (κ1) is 17.6. The summed E-state index contributed by atoms with van der Waals surface area (Å²) in [7, 11) is 1.80.